The molecule has 0 unspecified atom stereocenters. The first-order valence-corrected chi connectivity index (χ1v) is 6.48. The second-order valence-corrected chi connectivity index (χ2v) is 4.95. The number of sulfonamides is 1. The van der Waals surface area contributed by atoms with Crippen molar-refractivity contribution in [2.24, 2.45) is 5.14 Å². The molecule has 3 N–H and O–H groups in total. The largest absolute Gasteiger partial charge is 0.481 e. The Balaban J connectivity index is 2.37. The van der Waals surface area contributed by atoms with Crippen LogP contribution in [0.25, 0.3) is 0 Å². The maximum Gasteiger partial charge on any atom is 0.214 e. The van der Waals surface area contributed by atoms with Gasteiger partial charge in [-0.05, 0) is 12.5 Å². The van der Waals surface area contributed by atoms with Crippen LogP contribution in [0.1, 0.15) is 6.42 Å². The SMILES string of the molecule is COc1cccc(NCCCS(N)(=O)=O)n1. The molecule has 0 fully saturated rings. The van der Waals surface area contributed by atoms with Crippen LogP contribution in [0, 0.1) is 0 Å². The number of primary sulfonamides is 1. The van der Waals surface area contributed by atoms with Gasteiger partial charge >= 0.3 is 0 Å². The fourth-order valence-electron chi connectivity index (χ4n) is 1.12. The van der Waals surface area contributed by atoms with Gasteiger partial charge in [-0.2, -0.15) is 4.98 Å². The summed E-state index contributed by atoms with van der Waals surface area (Å²) in [6.07, 6.45) is 0.442. The molecule has 0 spiro atoms. The Kier molecular flexibility index (Phi) is 4.51. The molecule has 0 amide bonds. The quantitative estimate of drug-likeness (QED) is 0.697. The van der Waals surface area contributed by atoms with Gasteiger partial charge < -0.3 is 10.1 Å². The summed E-state index contributed by atoms with van der Waals surface area (Å²) in [6.45, 7) is 0.497. The first-order valence-electron chi connectivity index (χ1n) is 4.76. The lowest BCUT2D eigenvalue weighted by atomic mass is 10.4. The van der Waals surface area contributed by atoms with Crippen molar-refractivity contribution in [3.05, 3.63) is 18.2 Å². The highest BCUT2D eigenvalue weighted by Crippen LogP contribution is 2.10. The van der Waals surface area contributed by atoms with Gasteiger partial charge in [0.1, 0.15) is 5.82 Å². The average Bonchev–Trinajstić information content (AvgIpc) is 2.23. The summed E-state index contributed by atoms with van der Waals surface area (Å²) in [5.74, 6) is 1.12. The minimum Gasteiger partial charge on any atom is -0.481 e. The molecular formula is C9H15N3O3S. The van der Waals surface area contributed by atoms with Gasteiger partial charge in [0.25, 0.3) is 0 Å². The fourth-order valence-corrected chi connectivity index (χ4v) is 1.66. The molecule has 6 nitrogen and oxygen atoms in total. The topological polar surface area (TPSA) is 94.3 Å². The second-order valence-electron chi connectivity index (χ2n) is 3.21. The van der Waals surface area contributed by atoms with Crippen LogP contribution in [-0.2, 0) is 10.0 Å². The zero-order valence-corrected chi connectivity index (χ0v) is 9.83. The summed E-state index contributed by atoms with van der Waals surface area (Å²) in [5.41, 5.74) is 0. The van der Waals surface area contributed by atoms with E-state index in [9.17, 15) is 8.42 Å². The van der Waals surface area contributed by atoms with E-state index in [1.807, 2.05) is 0 Å². The van der Waals surface area contributed by atoms with E-state index < -0.39 is 10.0 Å². The van der Waals surface area contributed by atoms with Crippen LogP contribution in [0.2, 0.25) is 0 Å². The fraction of sp³-hybridized carbons (Fsp3) is 0.444. The van der Waals surface area contributed by atoms with Crippen LogP contribution >= 0.6 is 0 Å². The predicted octanol–water partition coefficient (Wildman–Crippen LogP) is 0.181. The number of anilines is 1. The summed E-state index contributed by atoms with van der Waals surface area (Å²) < 4.78 is 26.3. The third-order valence-corrected chi connectivity index (χ3v) is 2.70. The number of nitrogens with two attached hydrogens (primary N) is 1. The van der Waals surface area contributed by atoms with Gasteiger partial charge in [0.15, 0.2) is 0 Å². The molecule has 0 aliphatic rings. The first kappa shape index (κ1) is 12.7. The summed E-state index contributed by atoms with van der Waals surface area (Å²) in [4.78, 5) is 4.11. The summed E-state index contributed by atoms with van der Waals surface area (Å²) in [6, 6.07) is 5.31. The molecule has 1 aromatic rings. The number of hydrogen-bond acceptors (Lipinski definition) is 5. The summed E-state index contributed by atoms with van der Waals surface area (Å²) in [7, 11) is -1.84. The van der Waals surface area contributed by atoms with E-state index in [1.165, 1.54) is 7.11 Å². The number of aromatic nitrogens is 1. The van der Waals surface area contributed by atoms with Gasteiger partial charge in [-0.25, -0.2) is 13.6 Å². The molecular weight excluding hydrogens is 230 g/mol. The number of rotatable bonds is 6. The van der Waals surface area contributed by atoms with E-state index in [0.717, 1.165) is 0 Å². The van der Waals surface area contributed by atoms with Crippen molar-refractivity contribution >= 4 is 15.8 Å². The zero-order valence-electron chi connectivity index (χ0n) is 9.01. The third-order valence-electron chi connectivity index (χ3n) is 1.84. The van der Waals surface area contributed by atoms with E-state index in [0.29, 0.717) is 24.7 Å². The summed E-state index contributed by atoms with van der Waals surface area (Å²) in [5, 5.41) is 7.85. The predicted molar refractivity (Wildman–Crippen MR) is 61.9 cm³/mol. The molecule has 16 heavy (non-hydrogen) atoms. The monoisotopic (exact) mass is 245 g/mol. The Morgan fingerprint density at radius 2 is 2.25 bits per heavy atom. The highest BCUT2D eigenvalue weighted by Gasteiger charge is 2.02. The summed E-state index contributed by atoms with van der Waals surface area (Å²) >= 11 is 0. The Hall–Kier alpha value is -1.34. The molecule has 1 heterocycles. The normalized spacial score (nSPS) is 11.1. The molecule has 0 aromatic carbocycles. The van der Waals surface area contributed by atoms with E-state index >= 15 is 0 Å². The van der Waals surface area contributed by atoms with Gasteiger partial charge in [0.2, 0.25) is 15.9 Å². The van der Waals surface area contributed by atoms with Crippen molar-refractivity contribution in [3.63, 3.8) is 0 Å². The number of nitrogens with zero attached hydrogens (tertiary/aromatic N) is 1. The molecule has 0 bridgehead atoms. The molecule has 0 radical (unpaired) electrons. The van der Waals surface area contributed by atoms with Gasteiger partial charge in [-0.3, -0.25) is 0 Å². The van der Waals surface area contributed by atoms with E-state index in [-0.39, 0.29) is 5.75 Å². The van der Waals surface area contributed by atoms with E-state index in [1.54, 1.807) is 18.2 Å². The molecule has 0 saturated heterocycles. The lowest BCUT2D eigenvalue weighted by molar-refractivity contribution is 0.398. The van der Waals surface area contributed by atoms with Crippen molar-refractivity contribution in [1.29, 1.82) is 0 Å². The Morgan fingerprint density at radius 1 is 1.50 bits per heavy atom. The Bertz CT molecular complexity index is 433. The minimum atomic E-state index is -3.38. The van der Waals surface area contributed by atoms with Crippen LogP contribution in [0.3, 0.4) is 0 Å². The van der Waals surface area contributed by atoms with Crippen molar-refractivity contribution in [2.45, 2.75) is 6.42 Å². The maximum absolute atomic E-state index is 10.7. The van der Waals surface area contributed by atoms with Crippen LogP contribution in [-0.4, -0.2) is 32.8 Å². The van der Waals surface area contributed by atoms with Crippen LogP contribution in [0.4, 0.5) is 5.82 Å². The van der Waals surface area contributed by atoms with E-state index in [2.05, 4.69) is 10.3 Å². The molecule has 1 rings (SSSR count). The lowest BCUT2D eigenvalue weighted by Gasteiger charge is -2.06. The highest BCUT2D eigenvalue weighted by atomic mass is 32.2. The molecule has 7 heteroatoms. The van der Waals surface area contributed by atoms with Crippen molar-refractivity contribution in [2.75, 3.05) is 24.7 Å². The average molecular weight is 245 g/mol. The Labute approximate surface area is 94.9 Å². The number of methoxy groups -OCH3 is 1. The smallest absolute Gasteiger partial charge is 0.214 e. The molecule has 90 valence electrons. The molecule has 1 aromatic heterocycles. The van der Waals surface area contributed by atoms with Crippen LogP contribution < -0.4 is 15.2 Å². The number of hydrogen-bond donors (Lipinski definition) is 2. The Morgan fingerprint density at radius 3 is 2.88 bits per heavy atom. The molecule has 0 aliphatic heterocycles. The van der Waals surface area contributed by atoms with Crippen molar-refractivity contribution in [1.82, 2.24) is 4.98 Å². The van der Waals surface area contributed by atoms with Crippen LogP contribution in [0.15, 0.2) is 18.2 Å². The third kappa shape index (κ3) is 4.94. The molecule has 0 atom stereocenters. The zero-order chi connectivity index (χ0) is 12.0. The van der Waals surface area contributed by atoms with Crippen LogP contribution in [0.5, 0.6) is 5.88 Å². The molecule has 0 saturated carbocycles. The van der Waals surface area contributed by atoms with Gasteiger partial charge in [0, 0.05) is 12.6 Å². The van der Waals surface area contributed by atoms with Gasteiger partial charge in [-0.15, -0.1) is 0 Å². The standard InChI is InChI=1S/C9H15N3O3S/c1-15-9-5-2-4-8(12-9)11-6-3-7-16(10,13)14/h2,4-5H,3,6-7H2,1H3,(H,11,12)(H2,10,13,14). The van der Waals surface area contributed by atoms with Crippen molar-refractivity contribution < 1.29 is 13.2 Å². The second kappa shape index (κ2) is 5.66. The van der Waals surface area contributed by atoms with E-state index in [4.69, 9.17) is 9.88 Å². The van der Waals surface area contributed by atoms with Gasteiger partial charge in [0.05, 0.1) is 12.9 Å². The number of ether oxygens (including phenoxy) is 1. The lowest BCUT2D eigenvalue weighted by Crippen LogP contribution is -2.18. The molecule has 0 aliphatic carbocycles. The number of nitrogens with one attached hydrogen (secondary N) is 1. The van der Waals surface area contributed by atoms with Crippen molar-refractivity contribution in [3.8, 4) is 5.88 Å². The first-order chi connectivity index (χ1) is 7.51. The maximum atomic E-state index is 10.7. The highest BCUT2D eigenvalue weighted by molar-refractivity contribution is 7.89. The van der Waals surface area contributed by atoms with Gasteiger partial charge in [-0.1, -0.05) is 6.07 Å². The minimum absolute atomic E-state index is 0.0377. The number of pyridine rings is 1.